The minimum Gasteiger partial charge on any atom is -0.425 e. The summed E-state index contributed by atoms with van der Waals surface area (Å²) in [5, 5.41) is 8.32. The van der Waals surface area contributed by atoms with Crippen molar-refractivity contribution in [3.05, 3.63) is 30.3 Å². The van der Waals surface area contributed by atoms with Gasteiger partial charge < -0.3 is 9.84 Å². The van der Waals surface area contributed by atoms with Crippen LogP contribution in [0.25, 0.3) is 0 Å². The number of carbonyl (C=O) groups is 1. The average Bonchev–Trinajstić information content (AvgIpc) is 2.06. The van der Waals surface area contributed by atoms with Gasteiger partial charge in [0.25, 0.3) is 0 Å². The first-order valence-electron chi connectivity index (χ1n) is 3.19. The summed E-state index contributed by atoms with van der Waals surface area (Å²) in [6.07, 6.45) is 0. The van der Waals surface area contributed by atoms with Crippen LogP contribution in [-0.4, -0.2) is 40.7 Å². The predicted molar refractivity (Wildman–Crippen MR) is 44.9 cm³/mol. The lowest BCUT2D eigenvalue weighted by molar-refractivity contribution is -0.137. The van der Waals surface area contributed by atoms with Gasteiger partial charge in [0, 0.05) is 23.1 Å². The monoisotopic (exact) mass is 176 g/mol. The second-order valence-corrected chi connectivity index (χ2v) is 1.95. The fourth-order valence-electron chi connectivity index (χ4n) is 0.652. The van der Waals surface area contributed by atoms with Gasteiger partial charge in [0.05, 0.1) is 0 Å². The predicted octanol–water partition coefficient (Wildman–Crippen LogP) is 0.204. The Morgan fingerprint density at radius 3 is 2.42 bits per heavy atom. The lowest BCUT2D eigenvalue weighted by atomic mass is 10.3. The van der Waals surface area contributed by atoms with E-state index in [1.165, 1.54) is 0 Å². The van der Waals surface area contributed by atoms with Gasteiger partial charge in [0.1, 0.15) is 12.4 Å². The molecule has 12 heavy (non-hydrogen) atoms. The molecule has 0 aliphatic heterocycles. The largest absolute Gasteiger partial charge is 0.425 e. The maximum Gasteiger partial charge on any atom is 0.337 e. The molecule has 1 N–H and O–H groups in total. The third-order valence-corrected chi connectivity index (χ3v) is 1.10. The standard InChI is InChI=1S/C8H8O3.Mg/c9-6-8(10)11-7-4-2-1-3-5-7;/h1-5,9H,6H2;. The highest BCUT2D eigenvalue weighted by Crippen LogP contribution is 2.07. The smallest absolute Gasteiger partial charge is 0.337 e. The van der Waals surface area contributed by atoms with Gasteiger partial charge in [-0.1, -0.05) is 18.2 Å². The summed E-state index contributed by atoms with van der Waals surface area (Å²) < 4.78 is 4.67. The maximum atomic E-state index is 10.5. The molecule has 0 heterocycles. The molecule has 0 aliphatic carbocycles. The van der Waals surface area contributed by atoms with Crippen molar-refractivity contribution in [2.75, 3.05) is 6.61 Å². The summed E-state index contributed by atoms with van der Waals surface area (Å²) in [4.78, 5) is 10.5. The molecule has 0 spiro atoms. The van der Waals surface area contributed by atoms with Crippen LogP contribution in [0.15, 0.2) is 30.3 Å². The summed E-state index contributed by atoms with van der Waals surface area (Å²) in [7, 11) is 0. The van der Waals surface area contributed by atoms with Crippen LogP contribution in [0.1, 0.15) is 0 Å². The van der Waals surface area contributed by atoms with Gasteiger partial charge in [-0.3, -0.25) is 0 Å². The Kier molecular flexibility index (Phi) is 5.70. The lowest BCUT2D eigenvalue weighted by Crippen LogP contribution is -2.11. The Bertz CT molecular complexity index is 235. The quantitative estimate of drug-likeness (QED) is 0.398. The fraction of sp³-hybridized carbons (Fsp3) is 0.125. The Hall–Kier alpha value is -0.584. The van der Waals surface area contributed by atoms with Gasteiger partial charge in [-0.05, 0) is 12.1 Å². The lowest BCUT2D eigenvalue weighted by Gasteiger charge is -1.99. The molecule has 0 saturated carbocycles. The summed E-state index contributed by atoms with van der Waals surface area (Å²) in [6, 6.07) is 8.61. The molecule has 0 fully saturated rings. The van der Waals surface area contributed by atoms with E-state index in [-0.39, 0.29) is 23.1 Å². The first kappa shape index (κ1) is 11.4. The number of para-hydroxylation sites is 1. The molecule has 60 valence electrons. The van der Waals surface area contributed by atoms with E-state index >= 15 is 0 Å². The maximum absolute atomic E-state index is 10.5. The number of carbonyl (C=O) groups excluding carboxylic acids is 1. The van der Waals surface area contributed by atoms with Crippen molar-refractivity contribution in [3.8, 4) is 5.75 Å². The third kappa shape index (κ3) is 3.71. The SMILES string of the molecule is O=C(CO)Oc1ccccc1.[Mg]. The summed E-state index contributed by atoms with van der Waals surface area (Å²) in [5.74, 6) is -0.192. The van der Waals surface area contributed by atoms with Crippen molar-refractivity contribution in [1.29, 1.82) is 0 Å². The average molecular weight is 176 g/mol. The van der Waals surface area contributed by atoms with Gasteiger partial charge in [0.15, 0.2) is 0 Å². The third-order valence-electron chi connectivity index (χ3n) is 1.10. The molecule has 0 atom stereocenters. The highest BCUT2D eigenvalue weighted by molar-refractivity contribution is 5.75. The fourth-order valence-corrected chi connectivity index (χ4v) is 0.652. The van der Waals surface area contributed by atoms with E-state index in [9.17, 15) is 4.79 Å². The van der Waals surface area contributed by atoms with Crippen molar-refractivity contribution in [1.82, 2.24) is 0 Å². The molecule has 0 bridgehead atoms. The molecule has 0 unspecified atom stereocenters. The molecule has 3 nitrogen and oxygen atoms in total. The summed E-state index contributed by atoms with van der Waals surface area (Å²) >= 11 is 0. The van der Waals surface area contributed by atoms with Gasteiger partial charge in [0.2, 0.25) is 0 Å². The zero-order chi connectivity index (χ0) is 8.10. The molecular weight excluding hydrogens is 168 g/mol. The molecular formula is C8H8MgO3. The van der Waals surface area contributed by atoms with Gasteiger partial charge in [-0.15, -0.1) is 0 Å². The van der Waals surface area contributed by atoms with Crippen LogP contribution in [-0.2, 0) is 4.79 Å². The molecule has 1 aromatic rings. The Labute approximate surface area is 86.5 Å². The van der Waals surface area contributed by atoms with E-state index in [0.29, 0.717) is 5.75 Å². The van der Waals surface area contributed by atoms with Crippen LogP contribution < -0.4 is 4.74 Å². The molecule has 0 aromatic heterocycles. The van der Waals surface area contributed by atoms with Crippen molar-refractivity contribution in [2.45, 2.75) is 0 Å². The normalized spacial score (nSPS) is 8.42. The van der Waals surface area contributed by atoms with E-state index in [4.69, 9.17) is 5.11 Å². The van der Waals surface area contributed by atoms with Gasteiger partial charge in [-0.25, -0.2) is 4.79 Å². The van der Waals surface area contributed by atoms with E-state index in [0.717, 1.165) is 0 Å². The summed E-state index contributed by atoms with van der Waals surface area (Å²) in [5.41, 5.74) is 0. The number of rotatable bonds is 2. The van der Waals surface area contributed by atoms with Crippen molar-refractivity contribution in [2.24, 2.45) is 0 Å². The summed E-state index contributed by atoms with van der Waals surface area (Å²) in [6.45, 7) is -0.588. The van der Waals surface area contributed by atoms with E-state index in [1.54, 1.807) is 24.3 Å². The van der Waals surface area contributed by atoms with Crippen molar-refractivity contribution >= 4 is 29.0 Å². The van der Waals surface area contributed by atoms with Gasteiger partial charge >= 0.3 is 5.97 Å². The topological polar surface area (TPSA) is 46.5 Å². The zero-order valence-electron chi connectivity index (χ0n) is 6.56. The highest BCUT2D eigenvalue weighted by Gasteiger charge is 1.99. The number of ether oxygens (including phenoxy) is 1. The minimum atomic E-state index is -0.642. The molecule has 2 radical (unpaired) electrons. The number of hydrogen-bond acceptors (Lipinski definition) is 3. The van der Waals surface area contributed by atoms with Crippen molar-refractivity contribution in [3.63, 3.8) is 0 Å². The molecule has 0 amide bonds. The molecule has 1 aromatic carbocycles. The van der Waals surface area contributed by atoms with Crippen LogP contribution in [0.5, 0.6) is 5.75 Å². The Morgan fingerprint density at radius 1 is 1.33 bits per heavy atom. The molecule has 0 aliphatic rings. The second kappa shape index (κ2) is 5.99. The van der Waals surface area contributed by atoms with Crippen LogP contribution >= 0.6 is 0 Å². The van der Waals surface area contributed by atoms with E-state index < -0.39 is 12.6 Å². The zero-order valence-corrected chi connectivity index (χ0v) is 7.98. The molecule has 4 heteroatoms. The second-order valence-electron chi connectivity index (χ2n) is 1.95. The Morgan fingerprint density at radius 2 is 1.92 bits per heavy atom. The molecule has 1 rings (SSSR count). The van der Waals surface area contributed by atoms with Crippen LogP contribution in [0, 0.1) is 0 Å². The van der Waals surface area contributed by atoms with E-state index in [2.05, 4.69) is 4.74 Å². The van der Waals surface area contributed by atoms with Crippen LogP contribution in [0.2, 0.25) is 0 Å². The first-order valence-corrected chi connectivity index (χ1v) is 3.19. The molecule has 0 saturated heterocycles. The van der Waals surface area contributed by atoms with Crippen molar-refractivity contribution < 1.29 is 14.6 Å². The van der Waals surface area contributed by atoms with Crippen LogP contribution in [0.4, 0.5) is 0 Å². The van der Waals surface area contributed by atoms with Gasteiger partial charge in [-0.2, -0.15) is 0 Å². The highest BCUT2D eigenvalue weighted by atomic mass is 24.3. The van der Waals surface area contributed by atoms with Crippen LogP contribution in [0.3, 0.4) is 0 Å². The Balaban J connectivity index is 0.00000121. The number of hydrogen-bond donors (Lipinski definition) is 1. The first-order chi connectivity index (χ1) is 5.33. The van der Waals surface area contributed by atoms with E-state index in [1.807, 2.05) is 6.07 Å². The minimum absolute atomic E-state index is 0. The number of benzene rings is 1. The number of aliphatic hydroxyl groups is 1. The number of aliphatic hydroxyl groups excluding tert-OH is 1. The number of esters is 1.